The van der Waals surface area contributed by atoms with Gasteiger partial charge in [0, 0.05) is 24.3 Å². The van der Waals surface area contributed by atoms with Crippen LogP contribution in [-0.4, -0.2) is 36.3 Å². The van der Waals surface area contributed by atoms with Gasteiger partial charge in [0.2, 0.25) is 5.91 Å². The number of rotatable bonds is 4. The molecule has 3 N–H and O–H groups in total. The Balaban J connectivity index is 0.00000180. The van der Waals surface area contributed by atoms with E-state index in [1.807, 2.05) is 0 Å². The van der Waals surface area contributed by atoms with Gasteiger partial charge in [-0.25, -0.2) is 0 Å². The number of amides is 2. The number of nitrogen functional groups attached to an aromatic ring is 1. The molecule has 104 valence electrons. The number of nitrogens with zero attached hydrogens (tertiary/aromatic N) is 1. The fourth-order valence-electron chi connectivity index (χ4n) is 1.68. The van der Waals surface area contributed by atoms with Crippen molar-refractivity contribution in [2.24, 2.45) is 0 Å². The second-order valence-corrected chi connectivity index (χ2v) is 4.63. The third-order valence-electron chi connectivity index (χ3n) is 2.80. The van der Waals surface area contributed by atoms with E-state index in [0.717, 1.165) is 12.8 Å². The first-order valence-electron chi connectivity index (χ1n) is 5.96. The maximum absolute atomic E-state index is 12.0. The lowest BCUT2D eigenvalue weighted by molar-refractivity contribution is -0.121. The average Bonchev–Trinajstić information content (AvgIpc) is 3.11. The Bertz CT molecular complexity index is 475. The largest absolute Gasteiger partial charge is 0.399 e. The Morgan fingerprint density at radius 1 is 1.42 bits per heavy atom. The standard InChI is InChI=1S/C13H17N3O2.ClH/c1-16(8-12(17)15-11-5-6-11)13(18)9-3-2-4-10(14)7-9;/h2-4,7,11H,5-6,8,14H2,1H3,(H,15,17);1H. The van der Waals surface area contributed by atoms with Gasteiger partial charge in [0.25, 0.3) is 5.91 Å². The zero-order valence-electron chi connectivity index (χ0n) is 10.8. The van der Waals surface area contributed by atoms with Gasteiger partial charge in [-0.15, -0.1) is 12.4 Å². The minimum atomic E-state index is -0.201. The minimum absolute atomic E-state index is 0. The Kier molecular flexibility index (Phi) is 5.18. The molecule has 2 amide bonds. The van der Waals surface area contributed by atoms with E-state index in [9.17, 15) is 9.59 Å². The third-order valence-corrected chi connectivity index (χ3v) is 2.80. The number of hydrogen-bond donors (Lipinski definition) is 2. The van der Waals surface area contributed by atoms with Crippen molar-refractivity contribution in [2.75, 3.05) is 19.3 Å². The fourth-order valence-corrected chi connectivity index (χ4v) is 1.68. The zero-order chi connectivity index (χ0) is 13.1. The highest BCUT2D eigenvalue weighted by Gasteiger charge is 2.24. The van der Waals surface area contributed by atoms with Gasteiger partial charge in [-0.2, -0.15) is 0 Å². The van der Waals surface area contributed by atoms with Gasteiger partial charge in [-0.1, -0.05) is 6.07 Å². The summed E-state index contributed by atoms with van der Waals surface area (Å²) >= 11 is 0. The number of likely N-dealkylation sites (N-methyl/N-ethyl adjacent to an activating group) is 1. The topological polar surface area (TPSA) is 75.4 Å². The first-order chi connectivity index (χ1) is 8.56. The molecule has 1 fully saturated rings. The normalized spacial score (nSPS) is 13.3. The zero-order valence-corrected chi connectivity index (χ0v) is 11.6. The molecule has 0 radical (unpaired) electrons. The number of halogens is 1. The molecule has 19 heavy (non-hydrogen) atoms. The van der Waals surface area contributed by atoms with Gasteiger partial charge in [0.15, 0.2) is 0 Å². The van der Waals surface area contributed by atoms with E-state index in [1.165, 1.54) is 4.90 Å². The van der Waals surface area contributed by atoms with Crippen LogP contribution in [0.25, 0.3) is 0 Å². The average molecular weight is 284 g/mol. The summed E-state index contributed by atoms with van der Waals surface area (Å²) in [6.45, 7) is 0.0735. The van der Waals surface area contributed by atoms with E-state index in [-0.39, 0.29) is 30.8 Å². The van der Waals surface area contributed by atoms with Gasteiger partial charge < -0.3 is 16.0 Å². The predicted octanol–water partition coefficient (Wildman–Crippen LogP) is 1.04. The number of benzene rings is 1. The number of nitrogens with two attached hydrogens (primary N) is 1. The Morgan fingerprint density at radius 2 is 2.11 bits per heavy atom. The fraction of sp³-hybridized carbons (Fsp3) is 0.385. The van der Waals surface area contributed by atoms with E-state index < -0.39 is 0 Å². The molecule has 1 aliphatic carbocycles. The predicted molar refractivity (Wildman–Crippen MR) is 76.2 cm³/mol. The van der Waals surface area contributed by atoms with Crippen molar-refractivity contribution >= 4 is 29.9 Å². The molecule has 0 atom stereocenters. The molecule has 0 bridgehead atoms. The summed E-state index contributed by atoms with van der Waals surface area (Å²) in [4.78, 5) is 25.0. The summed E-state index contributed by atoms with van der Waals surface area (Å²) in [7, 11) is 1.61. The number of carbonyl (C=O) groups excluding carboxylic acids is 2. The minimum Gasteiger partial charge on any atom is -0.399 e. The summed E-state index contributed by atoms with van der Waals surface area (Å²) in [6, 6.07) is 7.05. The molecule has 1 aromatic carbocycles. The van der Waals surface area contributed by atoms with Crippen LogP contribution in [0, 0.1) is 0 Å². The highest BCUT2D eigenvalue weighted by Crippen LogP contribution is 2.18. The maximum atomic E-state index is 12.0. The molecule has 6 heteroatoms. The number of nitrogens with one attached hydrogen (secondary N) is 1. The van der Waals surface area contributed by atoms with Crippen molar-refractivity contribution in [3.63, 3.8) is 0 Å². The molecule has 1 saturated carbocycles. The molecular formula is C13H18ClN3O2. The molecule has 0 aromatic heterocycles. The van der Waals surface area contributed by atoms with E-state index >= 15 is 0 Å². The summed E-state index contributed by atoms with van der Waals surface area (Å²) in [5, 5.41) is 2.84. The summed E-state index contributed by atoms with van der Waals surface area (Å²) in [5.74, 6) is -0.314. The van der Waals surface area contributed by atoms with Crippen LogP contribution < -0.4 is 11.1 Å². The highest BCUT2D eigenvalue weighted by atomic mass is 35.5. The summed E-state index contributed by atoms with van der Waals surface area (Å²) in [5.41, 5.74) is 6.66. The van der Waals surface area contributed by atoms with Crippen molar-refractivity contribution in [2.45, 2.75) is 18.9 Å². The molecule has 1 aromatic rings. The molecule has 1 aliphatic rings. The molecule has 0 heterocycles. The van der Waals surface area contributed by atoms with Crippen LogP contribution in [-0.2, 0) is 4.79 Å². The molecule has 2 rings (SSSR count). The molecule has 0 aliphatic heterocycles. The third kappa shape index (κ3) is 4.44. The van der Waals surface area contributed by atoms with Gasteiger partial charge in [0.1, 0.15) is 0 Å². The second-order valence-electron chi connectivity index (χ2n) is 4.63. The Morgan fingerprint density at radius 3 is 2.68 bits per heavy atom. The Hall–Kier alpha value is -1.75. The van der Waals surface area contributed by atoms with Gasteiger partial charge in [0.05, 0.1) is 6.54 Å². The highest BCUT2D eigenvalue weighted by molar-refractivity contribution is 5.97. The monoisotopic (exact) mass is 283 g/mol. The smallest absolute Gasteiger partial charge is 0.254 e. The van der Waals surface area contributed by atoms with E-state index in [0.29, 0.717) is 17.3 Å². The first-order valence-corrected chi connectivity index (χ1v) is 5.96. The van der Waals surface area contributed by atoms with Crippen LogP contribution in [0.3, 0.4) is 0 Å². The van der Waals surface area contributed by atoms with Crippen LogP contribution in [0.15, 0.2) is 24.3 Å². The maximum Gasteiger partial charge on any atom is 0.254 e. The van der Waals surface area contributed by atoms with Crippen LogP contribution in [0.5, 0.6) is 0 Å². The molecule has 5 nitrogen and oxygen atoms in total. The van der Waals surface area contributed by atoms with Crippen molar-refractivity contribution < 1.29 is 9.59 Å². The summed E-state index contributed by atoms with van der Waals surface area (Å²) < 4.78 is 0. The molecule has 0 saturated heterocycles. The van der Waals surface area contributed by atoms with Crippen LogP contribution in [0.1, 0.15) is 23.2 Å². The van der Waals surface area contributed by atoms with Crippen molar-refractivity contribution in [3.8, 4) is 0 Å². The number of hydrogen-bond acceptors (Lipinski definition) is 3. The van der Waals surface area contributed by atoms with Crippen molar-refractivity contribution in [1.29, 1.82) is 0 Å². The lowest BCUT2D eigenvalue weighted by Gasteiger charge is -2.16. The second kappa shape index (κ2) is 6.43. The quantitative estimate of drug-likeness (QED) is 0.811. The molecule has 0 unspecified atom stereocenters. The lowest BCUT2D eigenvalue weighted by Crippen LogP contribution is -2.39. The van der Waals surface area contributed by atoms with E-state index in [4.69, 9.17) is 5.73 Å². The molecular weight excluding hydrogens is 266 g/mol. The van der Waals surface area contributed by atoms with Crippen molar-refractivity contribution in [1.82, 2.24) is 10.2 Å². The van der Waals surface area contributed by atoms with Crippen molar-refractivity contribution in [3.05, 3.63) is 29.8 Å². The van der Waals surface area contributed by atoms with E-state index in [1.54, 1.807) is 31.3 Å². The summed E-state index contributed by atoms with van der Waals surface area (Å²) in [6.07, 6.45) is 2.08. The SMILES string of the molecule is CN(CC(=O)NC1CC1)C(=O)c1cccc(N)c1.Cl. The van der Waals surface area contributed by atoms with Crippen LogP contribution in [0.2, 0.25) is 0 Å². The van der Waals surface area contributed by atoms with Gasteiger partial charge in [-0.05, 0) is 31.0 Å². The molecule has 0 spiro atoms. The first kappa shape index (κ1) is 15.3. The van der Waals surface area contributed by atoms with E-state index in [2.05, 4.69) is 5.32 Å². The lowest BCUT2D eigenvalue weighted by atomic mass is 10.2. The van der Waals surface area contributed by atoms with Crippen LogP contribution >= 0.6 is 12.4 Å². The number of carbonyl (C=O) groups is 2. The van der Waals surface area contributed by atoms with Crippen LogP contribution in [0.4, 0.5) is 5.69 Å². The number of anilines is 1. The van der Waals surface area contributed by atoms with Gasteiger partial charge in [-0.3, -0.25) is 9.59 Å². The Labute approximate surface area is 118 Å². The van der Waals surface area contributed by atoms with Gasteiger partial charge >= 0.3 is 0 Å².